The van der Waals surface area contributed by atoms with E-state index in [9.17, 15) is 0 Å². The van der Waals surface area contributed by atoms with Crippen LogP contribution in [0, 0.1) is 0 Å². The molecule has 2 bridgehead atoms. The van der Waals surface area contributed by atoms with Gasteiger partial charge in [-0.2, -0.15) is 0 Å². The van der Waals surface area contributed by atoms with Crippen molar-refractivity contribution in [2.45, 2.75) is 19.1 Å². The SMILES string of the molecule is CC12N=C(c3ccccc3)C(Oc3c(c4ccccc4c4ccccc34)O1)O2. The second-order valence-corrected chi connectivity index (χ2v) is 7.18. The Labute approximate surface area is 162 Å². The lowest BCUT2D eigenvalue weighted by molar-refractivity contribution is -0.188. The number of hydrogen-bond acceptors (Lipinski definition) is 4. The van der Waals surface area contributed by atoms with Crippen molar-refractivity contribution in [3.05, 3.63) is 84.4 Å². The molecular formula is C24H17NO3. The van der Waals surface area contributed by atoms with Crippen molar-refractivity contribution in [1.82, 2.24) is 0 Å². The molecular weight excluding hydrogens is 350 g/mol. The van der Waals surface area contributed by atoms with E-state index in [0.29, 0.717) is 11.5 Å². The van der Waals surface area contributed by atoms with Crippen LogP contribution in [0.1, 0.15) is 12.5 Å². The van der Waals surface area contributed by atoms with Crippen LogP contribution in [0.2, 0.25) is 0 Å². The molecule has 0 amide bonds. The van der Waals surface area contributed by atoms with Gasteiger partial charge in [0.15, 0.2) is 11.5 Å². The van der Waals surface area contributed by atoms with Crippen molar-refractivity contribution >= 4 is 27.3 Å². The van der Waals surface area contributed by atoms with Crippen molar-refractivity contribution in [2.75, 3.05) is 0 Å². The van der Waals surface area contributed by atoms with E-state index in [-0.39, 0.29) is 0 Å². The fourth-order valence-electron chi connectivity index (χ4n) is 4.08. The number of fused-ring (bicyclic) bond motifs is 8. The Morgan fingerprint density at radius 1 is 0.714 bits per heavy atom. The van der Waals surface area contributed by atoms with Gasteiger partial charge in [-0.3, -0.25) is 4.74 Å². The minimum absolute atomic E-state index is 0.627. The Morgan fingerprint density at radius 2 is 1.29 bits per heavy atom. The average molecular weight is 367 g/mol. The fraction of sp³-hybridized carbons (Fsp3) is 0.125. The Bertz CT molecular complexity index is 1270. The molecule has 6 rings (SSSR count). The molecule has 0 radical (unpaired) electrons. The third-order valence-electron chi connectivity index (χ3n) is 5.30. The van der Waals surface area contributed by atoms with Crippen LogP contribution in [-0.2, 0) is 4.74 Å². The lowest BCUT2D eigenvalue weighted by Crippen LogP contribution is -2.32. The summed E-state index contributed by atoms with van der Waals surface area (Å²) < 4.78 is 18.9. The van der Waals surface area contributed by atoms with Gasteiger partial charge in [-0.25, -0.2) is 4.99 Å². The van der Waals surface area contributed by atoms with Crippen molar-refractivity contribution in [3.8, 4) is 11.5 Å². The van der Waals surface area contributed by atoms with Gasteiger partial charge in [-0.15, -0.1) is 0 Å². The minimum Gasteiger partial charge on any atom is -0.454 e. The topological polar surface area (TPSA) is 40.0 Å². The number of aliphatic imine (C=N–C) groups is 1. The summed E-state index contributed by atoms with van der Waals surface area (Å²) in [6.07, 6.45) is -0.627. The van der Waals surface area contributed by atoms with Crippen molar-refractivity contribution in [3.63, 3.8) is 0 Å². The number of rotatable bonds is 1. The largest absolute Gasteiger partial charge is 0.454 e. The number of ether oxygens (including phenoxy) is 3. The molecule has 4 heteroatoms. The highest BCUT2D eigenvalue weighted by molar-refractivity contribution is 6.14. The Kier molecular flexibility index (Phi) is 3.11. The molecule has 4 aromatic rings. The maximum absolute atomic E-state index is 6.42. The molecule has 0 aromatic heterocycles. The zero-order valence-corrected chi connectivity index (χ0v) is 15.3. The predicted octanol–water partition coefficient (Wildman–Crippen LogP) is 5.28. The third-order valence-corrected chi connectivity index (χ3v) is 5.30. The van der Waals surface area contributed by atoms with E-state index in [0.717, 1.165) is 32.8 Å². The standard InChI is InChI=1S/C24H17NO3/c1-24-25-20(15-9-3-2-4-10-15)23(28-24)26-21-18-13-7-5-11-16(18)17-12-6-8-14-19(17)22(21)27-24/h2-14,23H,1H3. The summed E-state index contributed by atoms with van der Waals surface area (Å²) in [5.74, 6) is 0.244. The first-order valence-electron chi connectivity index (χ1n) is 9.34. The molecule has 2 aliphatic heterocycles. The van der Waals surface area contributed by atoms with Gasteiger partial charge in [0.05, 0.1) is 0 Å². The van der Waals surface area contributed by atoms with Crippen molar-refractivity contribution < 1.29 is 14.2 Å². The van der Waals surface area contributed by atoms with Crippen LogP contribution in [0.15, 0.2) is 83.9 Å². The first-order chi connectivity index (χ1) is 13.7. The van der Waals surface area contributed by atoms with Crippen molar-refractivity contribution in [1.29, 1.82) is 0 Å². The second kappa shape index (κ2) is 5.57. The second-order valence-electron chi connectivity index (χ2n) is 7.18. The lowest BCUT2D eigenvalue weighted by Gasteiger charge is -2.22. The Hall–Kier alpha value is -3.37. The molecule has 0 saturated carbocycles. The molecule has 0 aliphatic carbocycles. The molecule has 0 spiro atoms. The molecule has 4 nitrogen and oxygen atoms in total. The summed E-state index contributed by atoms with van der Waals surface area (Å²) in [7, 11) is 0. The van der Waals surface area contributed by atoms with Crippen molar-refractivity contribution in [2.24, 2.45) is 4.99 Å². The normalized spacial score (nSPS) is 22.9. The maximum Gasteiger partial charge on any atom is 0.313 e. The highest BCUT2D eigenvalue weighted by Gasteiger charge is 2.46. The molecule has 28 heavy (non-hydrogen) atoms. The smallest absolute Gasteiger partial charge is 0.313 e. The van der Waals surface area contributed by atoms with Gasteiger partial charge in [0.1, 0.15) is 5.71 Å². The third kappa shape index (κ3) is 2.18. The quantitative estimate of drug-likeness (QED) is 0.430. The Balaban J connectivity index is 1.62. The number of nitrogens with zero attached hydrogens (tertiary/aromatic N) is 1. The van der Waals surface area contributed by atoms with E-state index in [1.54, 1.807) is 0 Å². The summed E-state index contributed by atoms with van der Waals surface area (Å²) in [6, 6.07) is 26.4. The highest BCUT2D eigenvalue weighted by atomic mass is 16.8. The van der Waals surface area contributed by atoms with Crippen LogP contribution < -0.4 is 9.47 Å². The van der Waals surface area contributed by atoms with Gasteiger partial charge in [0.2, 0.25) is 6.29 Å². The predicted molar refractivity (Wildman–Crippen MR) is 109 cm³/mol. The molecule has 2 atom stereocenters. The van der Waals surface area contributed by atoms with E-state index in [4.69, 9.17) is 19.2 Å². The van der Waals surface area contributed by atoms with Crippen LogP contribution in [0.4, 0.5) is 0 Å². The first-order valence-corrected chi connectivity index (χ1v) is 9.34. The van der Waals surface area contributed by atoms with Crippen LogP contribution in [0.3, 0.4) is 0 Å². The zero-order chi connectivity index (χ0) is 18.7. The van der Waals surface area contributed by atoms with E-state index < -0.39 is 12.2 Å². The monoisotopic (exact) mass is 367 g/mol. The van der Waals surface area contributed by atoms with Gasteiger partial charge in [0.25, 0.3) is 0 Å². The first kappa shape index (κ1) is 15.7. The van der Waals surface area contributed by atoms with E-state index in [1.807, 2.05) is 67.6 Å². The summed E-state index contributed by atoms with van der Waals surface area (Å²) in [5.41, 5.74) is 1.71. The lowest BCUT2D eigenvalue weighted by atomic mass is 10.00. The maximum atomic E-state index is 6.42. The van der Waals surface area contributed by atoms with Crippen LogP contribution in [-0.4, -0.2) is 17.9 Å². The average Bonchev–Trinajstić information content (AvgIpc) is 2.97. The van der Waals surface area contributed by atoms with Crippen LogP contribution in [0.25, 0.3) is 21.5 Å². The zero-order valence-electron chi connectivity index (χ0n) is 15.3. The van der Waals surface area contributed by atoms with Gasteiger partial charge in [-0.1, -0.05) is 78.9 Å². The molecule has 4 aromatic carbocycles. The fourth-order valence-corrected chi connectivity index (χ4v) is 4.08. The van der Waals surface area contributed by atoms with E-state index in [2.05, 4.69) is 18.2 Å². The van der Waals surface area contributed by atoms with Gasteiger partial charge < -0.3 is 9.47 Å². The highest BCUT2D eigenvalue weighted by Crippen LogP contribution is 2.49. The summed E-state index contributed by atoms with van der Waals surface area (Å²) in [5, 5.41) is 4.24. The molecule has 2 aliphatic rings. The molecule has 0 N–H and O–H groups in total. The summed E-state index contributed by atoms with van der Waals surface area (Å²) in [6.45, 7) is 1.83. The molecule has 2 heterocycles. The molecule has 2 unspecified atom stereocenters. The van der Waals surface area contributed by atoms with Gasteiger partial charge in [-0.05, 0) is 10.8 Å². The van der Waals surface area contributed by atoms with Crippen LogP contribution >= 0.6 is 0 Å². The summed E-state index contributed by atoms with van der Waals surface area (Å²) >= 11 is 0. The minimum atomic E-state index is -1.13. The van der Waals surface area contributed by atoms with Gasteiger partial charge in [0, 0.05) is 23.3 Å². The van der Waals surface area contributed by atoms with Gasteiger partial charge >= 0.3 is 5.91 Å². The number of benzene rings is 4. The molecule has 136 valence electrons. The molecule has 0 fully saturated rings. The van der Waals surface area contributed by atoms with E-state index in [1.165, 1.54) is 0 Å². The summed E-state index contributed by atoms with van der Waals surface area (Å²) in [4.78, 5) is 4.75. The number of hydrogen-bond donors (Lipinski definition) is 0. The van der Waals surface area contributed by atoms with E-state index >= 15 is 0 Å². The Morgan fingerprint density at radius 3 is 1.96 bits per heavy atom. The molecule has 0 saturated heterocycles. The van der Waals surface area contributed by atoms with Crippen LogP contribution in [0.5, 0.6) is 11.5 Å².